The second kappa shape index (κ2) is 5.90. The molecule has 1 aliphatic rings. The number of nitrogens with zero attached hydrogens (tertiary/aromatic N) is 4. The number of hydrazone groups is 1. The summed E-state index contributed by atoms with van der Waals surface area (Å²) in [5.41, 5.74) is 6.51. The van der Waals surface area contributed by atoms with Crippen LogP contribution in [0.15, 0.2) is 53.6 Å². The van der Waals surface area contributed by atoms with Crippen molar-refractivity contribution in [3.8, 4) is 5.69 Å². The summed E-state index contributed by atoms with van der Waals surface area (Å²) in [5, 5.41) is 14.4. The summed E-state index contributed by atoms with van der Waals surface area (Å²) in [4.78, 5) is 0. The molecule has 0 unspecified atom stereocenters. The molecule has 1 aromatic heterocycles. The van der Waals surface area contributed by atoms with Crippen molar-refractivity contribution >= 4 is 18.4 Å². The number of hydrogen-bond donors (Lipinski definition) is 1. The van der Waals surface area contributed by atoms with Gasteiger partial charge in [0.05, 0.1) is 11.4 Å². The normalized spacial score (nSPS) is 15.5. The van der Waals surface area contributed by atoms with Crippen molar-refractivity contribution in [3.63, 3.8) is 0 Å². The van der Waals surface area contributed by atoms with E-state index in [2.05, 4.69) is 27.4 Å². The van der Waals surface area contributed by atoms with Crippen LogP contribution < -0.4 is 15.9 Å². The fourth-order valence-corrected chi connectivity index (χ4v) is 2.66. The number of hydrogen-bond acceptors (Lipinski definition) is 5. The van der Waals surface area contributed by atoms with Gasteiger partial charge in [0.2, 0.25) is 5.88 Å². The van der Waals surface area contributed by atoms with Crippen molar-refractivity contribution in [1.29, 1.82) is 0 Å². The van der Waals surface area contributed by atoms with Crippen LogP contribution in [0.1, 0.15) is 17.0 Å². The van der Waals surface area contributed by atoms with Crippen LogP contribution in [0.4, 0.5) is 0 Å². The lowest BCUT2D eigenvalue weighted by Gasteiger charge is -2.04. The Hall–Kier alpha value is -3.41. The zero-order valence-electron chi connectivity index (χ0n) is 14.0. The molecular weight excluding hydrogens is 314 g/mol. The average molecular weight is 331 g/mol. The number of benzene rings is 2. The minimum absolute atomic E-state index is 0.397. The molecule has 1 aliphatic heterocycles. The zero-order chi connectivity index (χ0) is 17.4. The van der Waals surface area contributed by atoms with Gasteiger partial charge in [0.15, 0.2) is 5.69 Å². The van der Waals surface area contributed by atoms with Crippen LogP contribution in [0.3, 0.4) is 0 Å². The van der Waals surface area contributed by atoms with Gasteiger partial charge in [-0.15, -0.1) is 10.2 Å². The van der Waals surface area contributed by atoms with Crippen molar-refractivity contribution in [1.82, 2.24) is 20.4 Å². The van der Waals surface area contributed by atoms with E-state index in [-0.39, 0.29) is 0 Å². The molecular formula is C19H17N5O. The van der Waals surface area contributed by atoms with E-state index < -0.39 is 0 Å². The summed E-state index contributed by atoms with van der Waals surface area (Å²) in [6.45, 7) is 8.00. The number of aryl methyl sites for hydroxylation is 1. The molecule has 2 aromatic carbocycles. The molecule has 0 bridgehead atoms. The molecule has 6 heteroatoms. The van der Waals surface area contributed by atoms with Crippen molar-refractivity contribution in [2.24, 2.45) is 5.10 Å². The maximum absolute atomic E-state index is 5.86. The Morgan fingerprint density at radius 1 is 1.04 bits per heavy atom. The first-order valence-electron chi connectivity index (χ1n) is 7.93. The zero-order valence-corrected chi connectivity index (χ0v) is 14.0. The summed E-state index contributed by atoms with van der Waals surface area (Å²) in [6.07, 6.45) is 0. The molecule has 6 nitrogen and oxygen atoms in total. The number of ether oxygens (including phenoxy) is 1. The van der Waals surface area contributed by atoms with Gasteiger partial charge in [-0.25, -0.2) is 10.1 Å². The van der Waals surface area contributed by atoms with E-state index in [1.165, 1.54) is 5.56 Å². The molecule has 1 N–H and O–H groups in total. The van der Waals surface area contributed by atoms with Crippen LogP contribution in [0.2, 0.25) is 0 Å². The smallest absolute Gasteiger partial charge is 0.267 e. The molecule has 2 heterocycles. The first-order valence-corrected chi connectivity index (χ1v) is 7.93. The van der Waals surface area contributed by atoms with Gasteiger partial charge >= 0.3 is 0 Å². The van der Waals surface area contributed by atoms with Gasteiger partial charge in [-0.2, -0.15) is 0 Å². The third-order valence-corrected chi connectivity index (χ3v) is 4.10. The van der Waals surface area contributed by atoms with Gasteiger partial charge in [0.1, 0.15) is 0 Å². The molecule has 4 rings (SSSR count). The van der Waals surface area contributed by atoms with Gasteiger partial charge in [0.25, 0.3) is 5.90 Å². The summed E-state index contributed by atoms with van der Waals surface area (Å²) in [5.74, 6) is 0.944. The lowest BCUT2D eigenvalue weighted by Crippen LogP contribution is -2.28. The Kier molecular flexibility index (Phi) is 3.57. The van der Waals surface area contributed by atoms with Gasteiger partial charge in [0, 0.05) is 5.22 Å². The highest BCUT2D eigenvalue weighted by Crippen LogP contribution is 2.16. The molecule has 0 saturated carbocycles. The number of rotatable bonds is 2. The second-order valence-corrected chi connectivity index (χ2v) is 5.89. The molecule has 3 aromatic rings. The van der Waals surface area contributed by atoms with E-state index in [0.29, 0.717) is 17.5 Å². The standard InChI is InChI=1S/C19H17N5O/c1-12-8-10-15(11-9-12)24-14(3)17(20-23-24)19-22-21-18(25-19)16-7-5-4-6-13(16)2/h4-11,21H,2H2,1,3H3. The minimum Gasteiger partial charge on any atom is -0.417 e. The second-order valence-electron chi connectivity index (χ2n) is 5.89. The molecule has 0 atom stereocenters. The molecule has 0 spiro atoms. The Labute approximate surface area is 144 Å². The highest BCUT2D eigenvalue weighted by atomic mass is 16.5. The monoisotopic (exact) mass is 331 g/mol. The Morgan fingerprint density at radius 2 is 1.80 bits per heavy atom. The minimum atomic E-state index is 0.397. The summed E-state index contributed by atoms with van der Waals surface area (Å²) in [7, 11) is 0. The van der Waals surface area contributed by atoms with Crippen molar-refractivity contribution < 1.29 is 4.74 Å². The number of aromatic nitrogens is 3. The first-order chi connectivity index (χ1) is 12.1. The maximum atomic E-state index is 5.86. The first kappa shape index (κ1) is 15.1. The lowest BCUT2D eigenvalue weighted by molar-refractivity contribution is 0.501. The van der Waals surface area contributed by atoms with Crippen LogP contribution in [0, 0.1) is 13.8 Å². The Morgan fingerprint density at radius 3 is 2.56 bits per heavy atom. The Bertz CT molecular complexity index is 1080. The summed E-state index contributed by atoms with van der Waals surface area (Å²) < 4.78 is 7.64. The van der Waals surface area contributed by atoms with Crippen LogP contribution >= 0.6 is 0 Å². The summed E-state index contributed by atoms with van der Waals surface area (Å²) in [6, 6.07) is 15.8. The van der Waals surface area contributed by atoms with E-state index in [1.54, 1.807) is 4.68 Å². The molecule has 0 radical (unpaired) electrons. The third-order valence-electron chi connectivity index (χ3n) is 4.10. The molecule has 0 fully saturated rings. The van der Waals surface area contributed by atoms with Crippen molar-refractivity contribution in [3.05, 3.63) is 75.9 Å². The van der Waals surface area contributed by atoms with Gasteiger partial charge in [-0.1, -0.05) is 47.7 Å². The predicted molar refractivity (Wildman–Crippen MR) is 96.2 cm³/mol. The molecule has 25 heavy (non-hydrogen) atoms. The van der Waals surface area contributed by atoms with Gasteiger partial charge < -0.3 is 4.74 Å². The maximum Gasteiger partial charge on any atom is 0.267 e. The highest BCUT2D eigenvalue weighted by molar-refractivity contribution is 5.97. The van der Waals surface area contributed by atoms with Gasteiger partial charge in [-0.05, 0) is 37.3 Å². The SMILES string of the molecule is C=c1ccccc1=C1NN=C(c2nnn(-c3ccc(C)cc3)c2C)O1. The predicted octanol–water partition coefficient (Wildman–Crippen LogP) is 1.34. The summed E-state index contributed by atoms with van der Waals surface area (Å²) >= 11 is 0. The third kappa shape index (κ3) is 2.67. The van der Waals surface area contributed by atoms with Crippen LogP contribution in [-0.2, 0) is 4.74 Å². The van der Waals surface area contributed by atoms with Crippen molar-refractivity contribution in [2.75, 3.05) is 0 Å². The lowest BCUT2D eigenvalue weighted by atomic mass is 10.2. The molecule has 0 saturated heterocycles. The van der Waals surface area contributed by atoms with Crippen LogP contribution in [-0.4, -0.2) is 20.9 Å². The molecule has 124 valence electrons. The number of nitrogens with one attached hydrogen (secondary N) is 1. The average Bonchev–Trinajstić information content (AvgIpc) is 3.23. The fourth-order valence-electron chi connectivity index (χ4n) is 2.66. The van der Waals surface area contributed by atoms with E-state index in [0.717, 1.165) is 21.8 Å². The molecule has 0 aliphatic carbocycles. The topological polar surface area (TPSA) is 64.3 Å². The van der Waals surface area contributed by atoms with E-state index in [9.17, 15) is 0 Å². The van der Waals surface area contributed by atoms with Crippen LogP contribution in [0.5, 0.6) is 0 Å². The molecule has 0 amide bonds. The highest BCUT2D eigenvalue weighted by Gasteiger charge is 2.23. The largest absolute Gasteiger partial charge is 0.417 e. The van der Waals surface area contributed by atoms with E-state index in [1.807, 2.05) is 62.4 Å². The quantitative estimate of drug-likeness (QED) is 0.770. The Balaban J connectivity index is 1.69. The van der Waals surface area contributed by atoms with E-state index in [4.69, 9.17) is 4.74 Å². The van der Waals surface area contributed by atoms with Gasteiger partial charge in [-0.3, -0.25) is 0 Å². The fraction of sp³-hybridized carbons (Fsp3) is 0.105. The van der Waals surface area contributed by atoms with E-state index >= 15 is 0 Å². The van der Waals surface area contributed by atoms with Crippen LogP contribution in [0.25, 0.3) is 18.1 Å². The van der Waals surface area contributed by atoms with Crippen molar-refractivity contribution in [2.45, 2.75) is 13.8 Å².